The van der Waals surface area contributed by atoms with E-state index in [1.54, 1.807) is 25.5 Å². The predicted molar refractivity (Wildman–Crippen MR) is 109 cm³/mol. The number of benzene rings is 1. The van der Waals surface area contributed by atoms with Crippen LogP contribution in [0.1, 0.15) is 19.3 Å². The zero-order valence-electron chi connectivity index (χ0n) is 15.9. The Morgan fingerprint density at radius 1 is 1.17 bits per heavy atom. The number of amides is 1. The SMILES string of the molecule is Cn1cc(-c2cc(S(C)(=O)=O)cc3c2NC2(CCC2)C(=O)N3)c2cn[nH]c2c1=O. The number of H-pyrrole nitrogens is 1. The molecule has 1 fully saturated rings. The van der Waals surface area contributed by atoms with E-state index in [9.17, 15) is 18.0 Å². The molecule has 10 heteroatoms. The first-order valence-corrected chi connectivity index (χ1v) is 11.1. The summed E-state index contributed by atoms with van der Waals surface area (Å²) in [6.07, 6.45) is 6.69. The lowest BCUT2D eigenvalue weighted by molar-refractivity contribution is -0.123. The molecule has 1 spiro atoms. The predicted octanol–water partition coefficient (Wildman–Crippen LogP) is 1.62. The average Bonchev–Trinajstić information content (AvgIpc) is 3.11. The van der Waals surface area contributed by atoms with E-state index in [0.717, 1.165) is 12.7 Å². The van der Waals surface area contributed by atoms with Crippen LogP contribution in [0.15, 0.2) is 34.2 Å². The fourth-order valence-corrected chi connectivity index (χ4v) is 4.73. The standard InChI is InChI=1S/C19H19N5O4S/c1-24-9-13(12-8-20-23-16(12)17(24)25)11-6-10(29(2,27)28)7-14-15(11)22-19(4-3-5-19)18(26)21-14/h6-9,22H,3-5H2,1-2H3,(H,20,23)(H,21,26). The number of anilines is 2. The molecule has 1 aromatic carbocycles. The van der Waals surface area contributed by atoms with Crippen molar-refractivity contribution in [3.8, 4) is 11.1 Å². The summed E-state index contributed by atoms with van der Waals surface area (Å²) in [6, 6.07) is 3.05. The van der Waals surface area contributed by atoms with Crippen LogP contribution >= 0.6 is 0 Å². The minimum absolute atomic E-state index is 0.0865. The van der Waals surface area contributed by atoms with E-state index >= 15 is 0 Å². The van der Waals surface area contributed by atoms with Gasteiger partial charge in [-0.1, -0.05) is 0 Å². The lowest BCUT2D eigenvalue weighted by Gasteiger charge is -2.45. The van der Waals surface area contributed by atoms with Crippen molar-refractivity contribution in [1.82, 2.24) is 14.8 Å². The van der Waals surface area contributed by atoms with Gasteiger partial charge in [-0.3, -0.25) is 14.7 Å². The number of hydrogen-bond donors (Lipinski definition) is 3. The number of rotatable bonds is 2. The maximum absolute atomic E-state index is 12.7. The van der Waals surface area contributed by atoms with Gasteiger partial charge in [0.05, 0.1) is 22.5 Å². The van der Waals surface area contributed by atoms with Crippen LogP contribution in [-0.2, 0) is 21.7 Å². The fourth-order valence-electron chi connectivity index (χ4n) is 4.06. The number of aryl methyl sites for hydroxylation is 1. The van der Waals surface area contributed by atoms with E-state index in [4.69, 9.17) is 0 Å². The molecule has 0 bridgehead atoms. The van der Waals surface area contributed by atoms with Crippen molar-refractivity contribution >= 4 is 38.0 Å². The Bertz CT molecular complexity index is 1370. The van der Waals surface area contributed by atoms with E-state index in [2.05, 4.69) is 20.8 Å². The average molecular weight is 413 g/mol. The summed E-state index contributed by atoms with van der Waals surface area (Å²) in [5.41, 5.74) is 1.73. The molecule has 1 aliphatic carbocycles. The maximum atomic E-state index is 12.7. The number of pyridine rings is 1. The summed E-state index contributed by atoms with van der Waals surface area (Å²) in [5.74, 6) is -0.151. The first-order chi connectivity index (χ1) is 13.7. The normalized spacial score (nSPS) is 17.5. The zero-order chi connectivity index (χ0) is 20.6. The van der Waals surface area contributed by atoms with Crippen molar-refractivity contribution in [2.45, 2.75) is 29.7 Å². The molecule has 9 nitrogen and oxygen atoms in total. The number of aromatic nitrogens is 3. The van der Waals surface area contributed by atoms with E-state index in [1.807, 2.05) is 0 Å². The van der Waals surface area contributed by atoms with Gasteiger partial charge in [0.1, 0.15) is 11.1 Å². The molecule has 0 unspecified atom stereocenters. The zero-order valence-corrected chi connectivity index (χ0v) is 16.7. The van der Waals surface area contributed by atoms with Crippen molar-refractivity contribution in [1.29, 1.82) is 0 Å². The number of aromatic amines is 1. The van der Waals surface area contributed by atoms with Crippen LogP contribution in [0, 0.1) is 0 Å². The molecule has 3 heterocycles. The quantitative estimate of drug-likeness (QED) is 0.586. The first-order valence-electron chi connectivity index (χ1n) is 9.20. The number of hydrogen-bond acceptors (Lipinski definition) is 6. The second kappa shape index (κ2) is 5.69. The summed E-state index contributed by atoms with van der Waals surface area (Å²) in [4.78, 5) is 25.2. The van der Waals surface area contributed by atoms with E-state index in [-0.39, 0.29) is 16.4 Å². The van der Waals surface area contributed by atoms with Gasteiger partial charge in [-0.2, -0.15) is 5.10 Å². The van der Waals surface area contributed by atoms with E-state index in [0.29, 0.717) is 46.2 Å². The number of fused-ring (bicyclic) bond motifs is 2. The topological polar surface area (TPSA) is 126 Å². The second-order valence-electron chi connectivity index (χ2n) is 7.80. The largest absolute Gasteiger partial charge is 0.369 e. The summed E-state index contributed by atoms with van der Waals surface area (Å²) < 4.78 is 26.0. The first kappa shape index (κ1) is 17.9. The van der Waals surface area contributed by atoms with E-state index < -0.39 is 15.4 Å². The van der Waals surface area contributed by atoms with E-state index in [1.165, 1.54) is 10.6 Å². The Labute approximate surface area is 166 Å². The summed E-state index contributed by atoms with van der Waals surface area (Å²) in [7, 11) is -1.91. The molecule has 2 aromatic heterocycles. The third-order valence-corrected chi connectivity index (χ3v) is 6.96. The second-order valence-corrected chi connectivity index (χ2v) is 9.81. The molecule has 0 atom stereocenters. The maximum Gasteiger partial charge on any atom is 0.276 e. The van der Waals surface area contributed by atoms with Gasteiger partial charge in [-0.25, -0.2) is 8.42 Å². The van der Waals surface area contributed by atoms with Gasteiger partial charge in [0.25, 0.3) is 5.56 Å². The number of sulfone groups is 1. The molecule has 29 heavy (non-hydrogen) atoms. The van der Waals surface area contributed by atoms with Crippen LogP contribution in [0.5, 0.6) is 0 Å². The highest BCUT2D eigenvalue weighted by molar-refractivity contribution is 7.90. The number of nitrogens with one attached hydrogen (secondary N) is 3. The molecule has 1 amide bonds. The van der Waals surface area contributed by atoms with Gasteiger partial charge < -0.3 is 15.2 Å². The number of nitrogens with zero attached hydrogens (tertiary/aromatic N) is 2. The van der Waals surface area contributed by atoms with Crippen molar-refractivity contribution in [3.05, 3.63) is 34.9 Å². The Hall–Kier alpha value is -3.14. The van der Waals surface area contributed by atoms with Gasteiger partial charge >= 0.3 is 0 Å². The Morgan fingerprint density at radius 2 is 1.93 bits per heavy atom. The number of carbonyl (C=O) groups excluding carboxylic acids is 1. The molecular formula is C19H19N5O4S. The molecule has 0 radical (unpaired) electrons. The molecule has 3 N–H and O–H groups in total. The van der Waals surface area contributed by atoms with Gasteiger partial charge in [-0.05, 0) is 31.4 Å². The van der Waals surface area contributed by atoms with Crippen molar-refractivity contribution < 1.29 is 13.2 Å². The molecule has 150 valence electrons. The smallest absolute Gasteiger partial charge is 0.276 e. The molecule has 1 aliphatic heterocycles. The Balaban J connectivity index is 1.85. The summed E-state index contributed by atoms with van der Waals surface area (Å²) in [5, 5.41) is 13.6. The summed E-state index contributed by atoms with van der Waals surface area (Å²) >= 11 is 0. The third-order valence-electron chi connectivity index (χ3n) is 5.87. The van der Waals surface area contributed by atoms with Gasteiger partial charge in [0.2, 0.25) is 5.91 Å². The highest BCUT2D eigenvalue weighted by Gasteiger charge is 2.47. The molecule has 1 saturated carbocycles. The van der Waals surface area contributed by atoms with Crippen molar-refractivity contribution in [2.75, 3.05) is 16.9 Å². The highest BCUT2D eigenvalue weighted by atomic mass is 32.2. The minimum Gasteiger partial charge on any atom is -0.369 e. The van der Waals surface area contributed by atoms with Crippen LogP contribution in [0.4, 0.5) is 11.4 Å². The summed E-state index contributed by atoms with van der Waals surface area (Å²) in [6.45, 7) is 0. The third kappa shape index (κ3) is 2.52. The van der Waals surface area contributed by atoms with Gasteiger partial charge in [0, 0.05) is 36.0 Å². The molecule has 3 aromatic rings. The Kier molecular flexibility index (Phi) is 3.52. The van der Waals surface area contributed by atoms with Crippen LogP contribution in [0.25, 0.3) is 22.0 Å². The lowest BCUT2D eigenvalue weighted by Crippen LogP contribution is -2.57. The molecular weight excluding hydrogens is 394 g/mol. The van der Waals surface area contributed by atoms with Gasteiger partial charge in [0.15, 0.2) is 9.84 Å². The Morgan fingerprint density at radius 3 is 2.59 bits per heavy atom. The van der Waals surface area contributed by atoms with Crippen molar-refractivity contribution in [2.24, 2.45) is 7.05 Å². The van der Waals surface area contributed by atoms with Gasteiger partial charge in [-0.15, -0.1) is 0 Å². The van der Waals surface area contributed by atoms with Crippen LogP contribution in [0.2, 0.25) is 0 Å². The highest BCUT2D eigenvalue weighted by Crippen LogP contribution is 2.47. The molecule has 2 aliphatic rings. The lowest BCUT2D eigenvalue weighted by atomic mass is 9.74. The molecule has 5 rings (SSSR count). The molecule has 0 saturated heterocycles. The van der Waals surface area contributed by atoms with Crippen LogP contribution in [0.3, 0.4) is 0 Å². The van der Waals surface area contributed by atoms with Crippen LogP contribution in [-0.4, -0.2) is 40.9 Å². The monoisotopic (exact) mass is 413 g/mol. The van der Waals surface area contributed by atoms with Crippen LogP contribution < -0.4 is 16.2 Å². The minimum atomic E-state index is -3.53. The fraction of sp³-hybridized carbons (Fsp3) is 0.316. The van der Waals surface area contributed by atoms with Crippen molar-refractivity contribution in [3.63, 3.8) is 0 Å². The number of carbonyl (C=O) groups is 1.